The van der Waals surface area contributed by atoms with Crippen molar-refractivity contribution in [3.63, 3.8) is 0 Å². The van der Waals surface area contributed by atoms with Crippen molar-refractivity contribution in [2.45, 2.75) is 12.8 Å². The van der Waals surface area contributed by atoms with E-state index in [0.717, 1.165) is 13.0 Å². The zero-order valence-corrected chi connectivity index (χ0v) is 12.5. The summed E-state index contributed by atoms with van der Waals surface area (Å²) in [6, 6.07) is 6.91. The minimum Gasteiger partial charge on any atom is -0.356 e. The van der Waals surface area contributed by atoms with Gasteiger partial charge < -0.3 is 15.5 Å². The van der Waals surface area contributed by atoms with Gasteiger partial charge in [0.05, 0.1) is 10.7 Å². The summed E-state index contributed by atoms with van der Waals surface area (Å²) in [5.74, 6) is -0.656. The number of carbonyl (C=O) groups is 2. The molecule has 0 aliphatic rings. The summed E-state index contributed by atoms with van der Waals surface area (Å²) >= 11 is 5.92. The Morgan fingerprint density at radius 3 is 2.55 bits per heavy atom. The van der Waals surface area contributed by atoms with Crippen molar-refractivity contribution >= 4 is 29.1 Å². The summed E-state index contributed by atoms with van der Waals surface area (Å²) in [6.45, 7) is 1.46. The smallest absolute Gasteiger partial charge is 0.233 e. The predicted molar refractivity (Wildman–Crippen MR) is 80.9 cm³/mol. The van der Waals surface area contributed by atoms with Crippen molar-refractivity contribution in [2.75, 3.05) is 32.5 Å². The van der Waals surface area contributed by atoms with Crippen LogP contribution in [0, 0.1) is 0 Å². The van der Waals surface area contributed by atoms with Gasteiger partial charge in [0.2, 0.25) is 11.8 Å². The second kappa shape index (κ2) is 8.55. The highest BCUT2D eigenvalue weighted by Gasteiger charge is 2.10. The molecule has 0 aromatic heterocycles. The van der Waals surface area contributed by atoms with Crippen LogP contribution < -0.4 is 10.6 Å². The normalized spacial score (nSPS) is 10.4. The highest BCUT2D eigenvalue weighted by atomic mass is 35.5. The van der Waals surface area contributed by atoms with Crippen LogP contribution in [0.4, 0.5) is 5.69 Å². The van der Waals surface area contributed by atoms with Gasteiger partial charge in [-0.05, 0) is 39.2 Å². The molecule has 2 N–H and O–H groups in total. The summed E-state index contributed by atoms with van der Waals surface area (Å²) in [6.07, 6.45) is 0.651. The van der Waals surface area contributed by atoms with Crippen molar-refractivity contribution in [3.8, 4) is 0 Å². The van der Waals surface area contributed by atoms with E-state index in [-0.39, 0.29) is 18.2 Å². The lowest BCUT2D eigenvalue weighted by molar-refractivity contribution is -0.126. The molecule has 5 nitrogen and oxygen atoms in total. The fourth-order valence-electron chi connectivity index (χ4n) is 1.59. The minimum atomic E-state index is -0.372. The molecular formula is C14H20ClN3O2. The van der Waals surface area contributed by atoms with E-state index >= 15 is 0 Å². The number of anilines is 1. The summed E-state index contributed by atoms with van der Waals surface area (Å²) in [5.41, 5.74) is 0.513. The number of amides is 2. The number of nitrogens with one attached hydrogen (secondary N) is 2. The second-order valence-electron chi connectivity index (χ2n) is 4.71. The molecule has 1 aromatic carbocycles. The van der Waals surface area contributed by atoms with E-state index in [1.165, 1.54) is 0 Å². The number of nitrogens with zero attached hydrogens (tertiary/aromatic N) is 1. The first kappa shape index (κ1) is 16.5. The summed E-state index contributed by atoms with van der Waals surface area (Å²) in [5, 5.41) is 5.77. The van der Waals surface area contributed by atoms with Crippen LogP contribution >= 0.6 is 11.6 Å². The van der Waals surface area contributed by atoms with Gasteiger partial charge in [-0.2, -0.15) is 0 Å². The Bertz CT molecular complexity index is 463. The van der Waals surface area contributed by atoms with Crippen molar-refractivity contribution in [3.05, 3.63) is 29.3 Å². The van der Waals surface area contributed by atoms with Crippen molar-refractivity contribution < 1.29 is 9.59 Å². The standard InChI is InChI=1S/C14H20ClN3O2/c1-18(2)9-5-8-16-13(19)10-14(20)17-12-7-4-3-6-11(12)15/h3-4,6-7H,5,8-10H2,1-2H3,(H,16,19)(H,17,20). The number of hydrogen-bond donors (Lipinski definition) is 2. The lowest BCUT2D eigenvalue weighted by Crippen LogP contribution is -2.30. The van der Waals surface area contributed by atoms with Crippen LogP contribution in [0.3, 0.4) is 0 Å². The van der Waals surface area contributed by atoms with Gasteiger partial charge in [0, 0.05) is 6.54 Å². The fraction of sp³-hybridized carbons (Fsp3) is 0.429. The Kier molecular flexibility index (Phi) is 7.04. The van der Waals surface area contributed by atoms with Crippen LogP contribution in [0.5, 0.6) is 0 Å². The number of hydrogen-bond acceptors (Lipinski definition) is 3. The maximum Gasteiger partial charge on any atom is 0.233 e. The zero-order valence-electron chi connectivity index (χ0n) is 11.8. The Labute approximate surface area is 124 Å². The molecule has 0 fully saturated rings. The molecule has 0 radical (unpaired) electrons. The number of para-hydroxylation sites is 1. The molecule has 110 valence electrons. The first-order chi connectivity index (χ1) is 9.49. The highest BCUT2D eigenvalue weighted by molar-refractivity contribution is 6.33. The molecule has 1 rings (SSSR count). The molecule has 20 heavy (non-hydrogen) atoms. The molecular weight excluding hydrogens is 278 g/mol. The Morgan fingerprint density at radius 2 is 1.90 bits per heavy atom. The number of carbonyl (C=O) groups excluding carboxylic acids is 2. The van der Waals surface area contributed by atoms with Crippen LogP contribution in [-0.4, -0.2) is 43.9 Å². The summed E-state index contributed by atoms with van der Waals surface area (Å²) in [7, 11) is 3.94. The maximum atomic E-state index is 11.7. The quantitative estimate of drug-likeness (QED) is 0.595. The largest absolute Gasteiger partial charge is 0.356 e. The second-order valence-corrected chi connectivity index (χ2v) is 5.12. The van der Waals surface area contributed by atoms with Gasteiger partial charge >= 0.3 is 0 Å². The van der Waals surface area contributed by atoms with E-state index in [4.69, 9.17) is 11.6 Å². The molecule has 0 spiro atoms. The molecule has 0 bridgehead atoms. The number of halogens is 1. The third-order valence-electron chi connectivity index (χ3n) is 2.57. The third kappa shape index (κ3) is 6.54. The number of benzene rings is 1. The lowest BCUT2D eigenvalue weighted by Gasteiger charge is -2.10. The number of rotatable bonds is 7. The molecule has 0 saturated heterocycles. The molecule has 0 aliphatic carbocycles. The zero-order chi connectivity index (χ0) is 15.0. The van der Waals surface area contributed by atoms with E-state index in [9.17, 15) is 9.59 Å². The lowest BCUT2D eigenvalue weighted by atomic mass is 10.3. The predicted octanol–water partition coefficient (Wildman–Crippen LogP) is 1.74. The first-order valence-electron chi connectivity index (χ1n) is 6.45. The van der Waals surface area contributed by atoms with Gasteiger partial charge in [-0.3, -0.25) is 9.59 Å². The monoisotopic (exact) mass is 297 g/mol. The van der Waals surface area contributed by atoms with Gasteiger partial charge in [-0.15, -0.1) is 0 Å². The van der Waals surface area contributed by atoms with Gasteiger partial charge in [-0.25, -0.2) is 0 Å². The summed E-state index contributed by atoms with van der Waals surface area (Å²) < 4.78 is 0. The van der Waals surface area contributed by atoms with Gasteiger partial charge in [0.1, 0.15) is 6.42 Å². The van der Waals surface area contributed by atoms with Crippen LogP contribution in [0.1, 0.15) is 12.8 Å². The van der Waals surface area contributed by atoms with E-state index in [0.29, 0.717) is 17.3 Å². The molecule has 0 atom stereocenters. The minimum absolute atomic E-state index is 0.201. The molecule has 6 heteroatoms. The highest BCUT2D eigenvalue weighted by Crippen LogP contribution is 2.20. The van der Waals surface area contributed by atoms with Crippen LogP contribution in [0.15, 0.2) is 24.3 Å². The molecule has 1 aromatic rings. The van der Waals surface area contributed by atoms with Gasteiger partial charge in [-0.1, -0.05) is 23.7 Å². The van der Waals surface area contributed by atoms with Crippen molar-refractivity contribution in [1.82, 2.24) is 10.2 Å². The fourth-order valence-corrected chi connectivity index (χ4v) is 1.77. The van der Waals surface area contributed by atoms with Crippen LogP contribution in [0.2, 0.25) is 5.02 Å². The van der Waals surface area contributed by atoms with Crippen molar-refractivity contribution in [1.29, 1.82) is 0 Å². The van der Waals surface area contributed by atoms with E-state index in [1.807, 2.05) is 19.0 Å². The van der Waals surface area contributed by atoms with Gasteiger partial charge in [0.15, 0.2) is 0 Å². The average molecular weight is 298 g/mol. The van der Waals surface area contributed by atoms with E-state index < -0.39 is 0 Å². The van der Waals surface area contributed by atoms with Crippen molar-refractivity contribution in [2.24, 2.45) is 0 Å². The molecule has 0 aliphatic heterocycles. The van der Waals surface area contributed by atoms with Crippen LogP contribution in [0.25, 0.3) is 0 Å². The Balaban J connectivity index is 2.28. The third-order valence-corrected chi connectivity index (χ3v) is 2.90. The average Bonchev–Trinajstić information content (AvgIpc) is 2.37. The maximum absolute atomic E-state index is 11.7. The van der Waals surface area contributed by atoms with E-state index in [2.05, 4.69) is 10.6 Å². The SMILES string of the molecule is CN(C)CCCNC(=O)CC(=O)Nc1ccccc1Cl. The first-order valence-corrected chi connectivity index (χ1v) is 6.82. The Morgan fingerprint density at radius 1 is 1.20 bits per heavy atom. The van der Waals surface area contributed by atoms with E-state index in [1.54, 1.807) is 24.3 Å². The molecule has 0 heterocycles. The van der Waals surface area contributed by atoms with Crippen LogP contribution in [-0.2, 0) is 9.59 Å². The molecule has 0 unspecified atom stereocenters. The molecule has 2 amide bonds. The van der Waals surface area contributed by atoms with Gasteiger partial charge in [0.25, 0.3) is 0 Å². The summed E-state index contributed by atoms with van der Waals surface area (Å²) in [4.78, 5) is 25.3. The topological polar surface area (TPSA) is 61.4 Å². The molecule has 0 saturated carbocycles. The Hall–Kier alpha value is -1.59.